The highest BCUT2D eigenvalue weighted by atomic mass is 16.5. The van der Waals surface area contributed by atoms with Crippen molar-refractivity contribution in [3.63, 3.8) is 0 Å². The maximum Gasteiger partial charge on any atom is 0.227 e. The zero-order chi connectivity index (χ0) is 20.3. The molecule has 0 N–H and O–H groups in total. The van der Waals surface area contributed by atoms with E-state index in [1.807, 2.05) is 43.3 Å². The van der Waals surface area contributed by atoms with Crippen LogP contribution < -0.4 is 14.2 Å². The molecule has 0 saturated heterocycles. The summed E-state index contributed by atoms with van der Waals surface area (Å²) in [6, 6.07) is 13.2. The molecule has 1 heterocycles. The second-order valence-electron chi connectivity index (χ2n) is 6.54. The van der Waals surface area contributed by atoms with Crippen LogP contribution in [0.2, 0.25) is 0 Å². The molecule has 0 aliphatic heterocycles. The lowest BCUT2D eigenvalue weighted by Gasteiger charge is -2.24. The first-order chi connectivity index (χ1) is 13.5. The Labute approximate surface area is 164 Å². The van der Waals surface area contributed by atoms with Gasteiger partial charge in [-0.25, -0.2) is 0 Å². The molecule has 6 nitrogen and oxygen atoms in total. The van der Waals surface area contributed by atoms with Crippen LogP contribution >= 0.6 is 0 Å². The molecular weight excluding hydrogens is 358 g/mol. The smallest absolute Gasteiger partial charge is 0.227 e. The molecule has 148 valence electrons. The molecule has 0 aliphatic carbocycles. The molecule has 0 bridgehead atoms. The minimum atomic E-state index is -0.203. The van der Waals surface area contributed by atoms with Crippen molar-refractivity contribution in [3.05, 3.63) is 53.8 Å². The molecule has 3 rings (SSSR count). The van der Waals surface area contributed by atoms with E-state index in [1.54, 1.807) is 39.3 Å². The second-order valence-corrected chi connectivity index (χ2v) is 6.54. The maximum atomic E-state index is 12.9. The van der Waals surface area contributed by atoms with Crippen molar-refractivity contribution in [3.8, 4) is 17.2 Å². The lowest BCUT2D eigenvalue weighted by molar-refractivity contribution is -0.131. The normalized spacial score (nSPS) is 11.9. The number of carbonyl (C=O) groups is 1. The van der Waals surface area contributed by atoms with Gasteiger partial charge >= 0.3 is 0 Å². The summed E-state index contributed by atoms with van der Waals surface area (Å²) in [5.74, 6) is 2.22. The van der Waals surface area contributed by atoms with Crippen LogP contribution in [0.4, 0.5) is 0 Å². The van der Waals surface area contributed by atoms with Crippen molar-refractivity contribution in [2.45, 2.75) is 19.4 Å². The van der Waals surface area contributed by atoms with Gasteiger partial charge in [0, 0.05) is 18.0 Å². The molecule has 0 saturated carbocycles. The zero-order valence-corrected chi connectivity index (χ0v) is 16.8. The highest BCUT2D eigenvalue weighted by Gasteiger charge is 2.24. The van der Waals surface area contributed by atoms with Crippen LogP contribution in [0.25, 0.3) is 11.0 Å². The summed E-state index contributed by atoms with van der Waals surface area (Å²) in [6.07, 6.45) is 0.171. The molecule has 0 spiro atoms. The van der Waals surface area contributed by atoms with Gasteiger partial charge in [0.05, 0.1) is 33.8 Å². The molecule has 0 radical (unpaired) electrons. The Hall–Kier alpha value is -3.15. The van der Waals surface area contributed by atoms with E-state index >= 15 is 0 Å². The fourth-order valence-corrected chi connectivity index (χ4v) is 3.21. The fourth-order valence-electron chi connectivity index (χ4n) is 3.21. The quantitative estimate of drug-likeness (QED) is 0.611. The maximum absolute atomic E-state index is 12.9. The van der Waals surface area contributed by atoms with Crippen molar-refractivity contribution in [2.24, 2.45) is 0 Å². The van der Waals surface area contributed by atoms with E-state index in [2.05, 4.69) is 0 Å². The molecule has 28 heavy (non-hydrogen) atoms. The summed E-state index contributed by atoms with van der Waals surface area (Å²) in [5, 5.41) is 1.02. The van der Waals surface area contributed by atoms with E-state index in [4.69, 9.17) is 18.6 Å². The van der Waals surface area contributed by atoms with Gasteiger partial charge in [0.15, 0.2) is 11.5 Å². The summed E-state index contributed by atoms with van der Waals surface area (Å²) in [7, 11) is 6.42. The molecular formula is C22H25NO5. The number of fused-ring (bicyclic) bond motifs is 1. The van der Waals surface area contributed by atoms with Crippen LogP contribution in [-0.4, -0.2) is 39.2 Å². The molecule has 0 fully saturated rings. The summed E-state index contributed by atoms with van der Waals surface area (Å²) in [4.78, 5) is 14.6. The van der Waals surface area contributed by atoms with Crippen molar-refractivity contribution < 1.29 is 23.4 Å². The predicted octanol–water partition coefficient (Wildman–Crippen LogP) is 4.22. The molecule has 0 unspecified atom stereocenters. The van der Waals surface area contributed by atoms with Crippen LogP contribution in [0.1, 0.15) is 24.3 Å². The standard InChI is InChI=1S/C22H25NO5/c1-14(19-12-15-8-6-7-9-17(15)28-19)23(2)20(24)13-16-10-11-18(25-3)22(27-5)21(16)26-4/h6-12,14H,13H2,1-5H3/t14-/m0/s1. The number of rotatable bonds is 7. The number of nitrogens with zero attached hydrogens (tertiary/aromatic N) is 1. The van der Waals surface area contributed by atoms with E-state index in [0.717, 1.165) is 22.3 Å². The highest BCUT2D eigenvalue weighted by molar-refractivity contribution is 5.81. The first kappa shape index (κ1) is 19.6. The molecule has 1 amide bonds. The highest BCUT2D eigenvalue weighted by Crippen LogP contribution is 2.40. The van der Waals surface area contributed by atoms with E-state index in [9.17, 15) is 4.79 Å². The van der Waals surface area contributed by atoms with Gasteiger partial charge in [-0.15, -0.1) is 0 Å². The lowest BCUT2D eigenvalue weighted by Crippen LogP contribution is -2.30. The monoisotopic (exact) mass is 383 g/mol. The van der Waals surface area contributed by atoms with Crippen LogP contribution in [0.15, 0.2) is 46.9 Å². The second kappa shape index (κ2) is 8.25. The number of likely N-dealkylation sites (N-methyl/N-ethyl adjacent to an activating group) is 1. The third kappa shape index (κ3) is 3.63. The van der Waals surface area contributed by atoms with E-state index < -0.39 is 0 Å². The molecule has 1 atom stereocenters. The largest absolute Gasteiger partial charge is 0.493 e. The van der Waals surface area contributed by atoms with Gasteiger partial charge in [-0.2, -0.15) is 0 Å². The predicted molar refractivity (Wildman–Crippen MR) is 107 cm³/mol. The molecule has 0 aliphatic rings. The van der Waals surface area contributed by atoms with Crippen LogP contribution in [0.3, 0.4) is 0 Å². The average Bonchev–Trinajstić information content (AvgIpc) is 3.16. The SMILES string of the molecule is COc1ccc(CC(=O)N(C)[C@@H](C)c2cc3ccccc3o2)c(OC)c1OC. The van der Waals surface area contributed by atoms with Crippen molar-refractivity contribution >= 4 is 16.9 Å². The number of benzene rings is 2. The number of methoxy groups -OCH3 is 3. The molecule has 6 heteroatoms. The number of hydrogen-bond acceptors (Lipinski definition) is 5. The summed E-state index contributed by atoms with van der Waals surface area (Å²) in [5.41, 5.74) is 1.54. The van der Waals surface area contributed by atoms with Crippen LogP contribution in [0, 0.1) is 0 Å². The number of para-hydroxylation sites is 1. The molecule has 3 aromatic rings. The van der Waals surface area contributed by atoms with E-state index in [0.29, 0.717) is 17.2 Å². The van der Waals surface area contributed by atoms with Gasteiger partial charge in [-0.3, -0.25) is 4.79 Å². The van der Waals surface area contributed by atoms with Gasteiger partial charge < -0.3 is 23.5 Å². The number of furan rings is 1. The Morgan fingerprint density at radius 1 is 1.04 bits per heavy atom. The average molecular weight is 383 g/mol. The Morgan fingerprint density at radius 3 is 2.39 bits per heavy atom. The number of carbonyl (C=O) groups excluding carboxylic acids is 1. The van der Waals surface area contributed by atoms with Crippen LogP contribution in [0.5, 0.6) is 17.2 Å². The third-order valence-electron chi connectivity index (χ3n) is 4.96. The van der Waals surface area contributed by atoms with Gasteiger partial charge in [0.1, 0.15) is 11.3 Å². The van der Waals surface area contributed by atoms with Crippen LogP contribution in [-0.2, 0) is 11.2 Å². The first-order valence-corrected chi connectivity index (χ1v) is 9.02. The lowest BCUT2D eigenvalue weighted by atomic mass is 10.1. The van der Waals surface area contributed by atoms with Crippen molar-refractivity contribution in [1.82, 2.24) is 4.90 Å². The molecule has 2 aromatic carbocycles. The van der Waals surface area contributed by atoms with Gasteiger partial charge in [-0.1, -0.05) is 24.3 Å². The summed E-state index contributed by atoms with van der Waals surface area (Å²) < 4.78 is 22.1. The first-order valence-electron chi connectivity index (χ1n) is 9.02. The number of amides is 1. The molecule has 1 aromatic heterocycles. The Morgan fingerprint density at radius 2 is 1.75 bits per heavy atom. The van der Waals surface area contributed by atoms with Gasteiger partial charge in [-0.05, 0) is 25.1 Å². The van der Waals surface area contributed by atoms with Crippen molar-refractivity contribution in [1.29, 1.82) is 0 Å². The van der Waals surface area contributed by atoms with Gasteiger partial charge in [0.25, 0.3) is 0 Å². The van der Waals surface area contributed by atoms with E-state index in [-0.39, 0.29) is 18.4 Å². The van der Waals surface area contributed by atoms with Crippen molar-refractivity contribution in [2.75, 3.05) is 28.4 Å². The zero-order valence-electron chi connectivity index (χ0n) is 16.8. The Kier molecular flexibility index (Phi) is 5.78. The number of hydrogen-bond donors (Lipinski definition) is 0. The topological polar surface area (TPSA) is 61.1 Å². The number of ether oxygens (including phenoxy) is 3. The fraction of sp³-hybridized carbons (Fsp3) is 0.318. The van der Waals surface area contributed by atoms with Gasteiger partial charge in [0.2, 0.25) is 11.7 Å². The third-order valence-corrected chi connectivity index (χ3v) is 4.96. The van der Waals surface area contributed by atoms with E-state index in [1.165, 1.54) is 0 Å². The summed E-state index contributed by atoms with van der Waals surface area (Å²) >= 11 is 0. The minimum Gasteiger partial charge on any atom is -0.493 e. The minimum absolute atomic E-state index is 0.0570. The Balaban J connectivity index is 1.82. The Bertz CT molecular complexity index is 945. The summed E-state index contributed by atoms with van der Waals surface area (Å²) in [6.45, 7) is 1.95.